The van der Waals surface area contributed by atoms with Crippen molar-refractivity contribution >= 4 is 30.7 Å². The second-order valence-corrected chi connectivity index (χ2v) is 13.4. The number of imidazole rings is 1. The van der Waals surface area contributed by atoms with Crippen LogP contribution in [0, 0.1) is 0 Å². The number of hydrogen-bond acceptors (Lipinski definition) is 10. The van der Waals surface area contributed by atoms with Crippen LogP contribution in [0.15, 0.2) is 122 Å². The lowest BCUT2D eigenvalue weighted by Crippen LogP contribution is -2.38. The molecule has 0 bridgehead atoms. The SMILES string of the molecule is COc1ccc(C(OC[C@H]2O[C@@H](n3cnc4c(NC(=O)c5ccccc5)ncnc43)C[C@@H]2OP(=O)(O)O)(c2ccccc2)c2ccc(OC)cc2)cc1. The van der Waals surface area contributed by atoms with Crippen LogP contribution >= 0.6 is 7.82 Å². The van der Waals surface area contributed by atoms with Gasteiger partial charge >= 0.3 is 7.82 Å². The van der Waals surface area contributed by atoms with Crippen LogP contribution in [0.25, 0.3) is 11.2 Å². The highest BCUT2D eigenvalue weighted by Crippen LogP contribution is 2.46. The number of benzene rings is 4. The highest BCUT2D eigenvalue weighted by atomic mass is 31.2. The number of aromatic nitrogens is 4. The minimum Gasteiger partial charge on any atom is -0.497 e. The summed E-state index contributed by atoms with van der Waals surface area (Å²) < 4.78 is 43.6. The Labute approximate surface area is 304 Å². The first-order valence-electron chi connectivity index (χ1n) is 16.6. The first-order chi connectivity index (χ1) is 25.7. The summed E-state index contributed by atoms with van der Waals surface area (Å²) in [6.07, 6.45) is -0.114. The lowest BCUT2D eigenvalue weighted by Gasteiger charge is -2.37. The molecule has 4 aromatic carbocycles. The lowest BCUT2D eigenvalue weighted by molar-refractivity contribution is -0.0921. The Hall–Kier alpha value is -5.47. The third-order valence-corrected chi connectivity index (χ3v) is 9.57. The normalized spacial score (nSPS) is 17.5. The maximum atomic E-state index is 12.9. The average Bonchev–Trinajstić information content (AvgIpc) is 3.80. The number of rotatable bonds is 13. The van der Waals surface area contributed by atoms with Gasteiger partial charge in [-0.2, -0.15) is 0 Å². The van der Waals surface area contributed by atoms with Gasteiger partial charge in [0, 0.05) is 12.0 Å². The Kier molecular flexibility index (Phi) is 10.3. The fraction of sp³-hybridized carbons (Fsp3) is 0.211. The summed E-state index contributed by atoms with van der Waals surface area (Å²) in [6.45, 7) is -0.159. The van der Waals surface area contributed by atoms with E-state index in [1.54, 1.807) is 43.1 Å². The molecule has 3 atom stereocenters. The second kappa shape index (κ2) is 15.2. The molecule has 1 aliphatic rings. The van der Waals surface area contributed by atoms with Crippen LogP contribution < -0.4 is 14.8 Å². The molecule has 0 unspecified atom stereocenters. The smallest absolute Gasteiger partial charge is 0.469 e. The highest BCUT2D eigenvalue weighted by molar-refractivity contribution is 7.46. The van der Waals surface area contributed by atoms with Crippen LogP contribution in [-0.2, 0) is 24.2 Å². The van der Waals surface area contributed by atoms with Crippen LogP contribution in [0.4, 0.5) is 5.82 Å². The topological polar surface area (TPSA) is 176 Å². The van der Waals surface area contributed by atoms with Crippen LogP contribution in [0.3, 0.4) is 0 Å². The van der Waals surface area contributed by atoms with Gasteiger partial charge in [-0.15, -0.1) is 0 Å². The minimum absolute atomic E-state index is 0.0176. The zero-order valence-corrected chi connectivity index (χ0v) is 29.6. The molecule has 0 aliphatic carbocycles. The number of ether oxygens (including phenoxy) is 4. The zero-order valence-electron chi connectivity index (χ0n) is 28.7. The molecule has 0 radical (unpaired) electrons. The van der Waals surface area contributed by atoms with Crippen molar-refractivity contribution in [1.82, 2.24) is 19.5 Å². The molecule has 1 fully saturated rings. The van der Waals surface area contributed by atoms with Crippen molar-refractivity contribution in [2.45, 2.75) is 30.5 Å². The first kappa shape index (κ1) is 35.9. The minimum atomic E-state index is -4.97. The molecule has 0 spiro atoms. The molecule has 15 heteroatoms. The average molecular weight is 738 g/mol. The Morgan fingerprint density at radius 1 is 0.849 bits per heavy atom. The Morgan fingerprint density at radius 3 is 2.02 bits per heavy atom. The van der Waals surface area contributed by atoms with Crippen LogP contribution in [0.1, 0.15) is 39.7 Å². The van der Waals surface area contributed by atoms with Gasteiger partial charge in [-0.3, -0.25) is 13.9 Å². The van der Waals surface area contributed by atoms with E-state index in [4.69, 9.17) is 23.5 Å². The Bertz CT molecular complexity index is 2170. The van der Waals surface area contributed by atoms with E-state index in [9.17, 15) is 19.1 Å². The van der Waals surface area contributed by atoms with E-state index in [1.807, 2.05) is 84.9 Å². The van der Waals surface area contributed by atoms with Crippen molar-refractivity contribution in [3.05, 3.63) is 144 Å². The maximum absolute atomic E-state index is 12.9. The molecule has 3 N–H and O–H groups in total. The summed E-state index contributed by atoms with van der Waals surface area (Å²) in [5.41, 5.74) is 2.16. The largest absolute Gasteiger partial charge is 0.497 e. The van der Waals surface area contributed by atoms with Crippen LogP contribution in [-0.4, -0.2) is 68.2 Å². The van der Waals surface area contributed by atoms with Gasteiger partial charge in [-0.25, -0.2) is 19.5 Å². The van der Waals surface area contributed by atoms with Crippen LogP contribution in [0.2, 0.25) is 0 Å². The summed E-state index contributed by atoms with van der Waals surface area (Å²) in [5, 5.41) is 2.78. The molecular formula is C38H36N5O9P. The number of amides is 1. The monoisotopic (exact) mass is 737 g/mol. The number of carbonyl (C=O) groups is 1. The van der Waals surface area contributed by atoms with Crippen molar-refractivity contribution in [2.24, 2.45) is 0 Å². The number of phosphoric ester groups is 1. The molecule has 1 aliphatic heterocycles. The van der Waals surface area contributed by atoms with Gasteiger partial charge in [0.1, 0.15) is 41.9 Å². The molecule has 1 amide bonds. The molecule has 6 aromatic rings. The molecular weight excluding hydrogens is 701 g/mol. The molecule has 272 valence electrons. The summed E-state index contributed by atoms with van der Waals surface area (Å²) in [6, 6.07) is 33.3. The number of carbonyl (C=O) groups excluding carboxylic acids is 1. The fourth-order valence-corrected chi connectivity index (χ4v) is 7.09. The number of phosphoric acid groups is 1. The number of nitrogens with zero attached hydrogens (tertiary/aromatic N) is 4. The van der Waals surface area contributed by atoms with Gasteiger partial charge in [-0.05, 0) is 53.1 Å². The van der Waals surface area contributed by atoms with Crippen molar-refractivity contribution in [3.8, 4) is 11.5 Å². The Balaban J connectivity index is 1.23. The van der Waals surface area contributed by atoms with Crippen molar-refractivity contribution in [2.75, 3.05) is 26.1 Å². The van der Waals surface area contributed by atoms with Gasteiger partial charge in [0.25, 0.3) is 5.91 Å². The predicted octanol–water partition coefficient (Wildman–Crippen LogP) is 5.87. The summed E-state index contributed by atoms with van der Waals surface area (Å²) in [7, 11) is -1.80. The Morgan fingerprint density at radius 2 is 1.43 bits per heavy atom. The van der Waals surface area contributed by atoms with Gasteiger partial charge in [-0.1, -0.05) is 72.8 Å². The van der Waals surface area contributed by atoms with Gasteiger partial charge in [0.05, 0.1) is 27.2 Å². The van der Waals surface area contributed by atoms with E-state index >= 15 is 0 Å². The van der Waals surface area contributed by atoms with Gasteiger partial charge in [0.15, 0.2) is 17.0 Å². The fourth-order valence-electron chi connectivity index (χ4n) is 6.51. The number of methoxy groups -OCH3 is 2. The molecule has 2 aromatic heterocycles. The van der Waals surface area contributed by atoms with E-state index in [0.717, 1.165) is 16.7 Å². The first-order valence-corrected chi connectivity index (χ1v) is 18.1. The van der Waals surface area contributed by atoms with Crippen LogP contribution in [0.5, 0.6) is 11.5 Å². The summed E-state index contributed by atoms with van der Waals surface area (Å²) in [4.78, 5) is 45.9. The zero-order chi connectivity index (χ0) is 37.0. The quantitative estimate of drug-likeness (QED) is 0.0951. The third-order valence-electron chi connectivity index (χ3n) is 9.03. The number of fused-ring (bicyclic) bond motifs is 1. The van der Waals surface area contributed by atoms with E-state index < -0.39 is 31.9 Å². The maximum Gasteiger partial charge on any atom is 0.469 e. The van der Waals surface area contributed by atoms with Crippen molar-refractivity contribution in [1.29, 1.82) is 0 Å². The molecule has 3 heterocycles. The number of nitrogens with one attached hydrogen (secondary N) is 1. The summed E-state index contributed by atoms with van der Waals surface area (Å²) >= 11 is 0. The molecule has 53 heavy (non-hydrogen) atoms. The van der Waals surface area contributed by atoms with E-state index in [2.05, 4.69) is 20.3 Å². The molecule has 1 saturated heterocycles. The van der Waals surface area contributed by atoms with E-state index in [-0.39, 0.29) is 24.8 Å². The number of hydrogen-bond donors (Lipinski definition) is 3. The van der Waals surface area contributed by atoms with Crippen molar-refractivity contribution in [3.63, 3.8) is 0 Å². The highest BCUT2D eigenvalue weighted by Gasteiger charge is 2.45. The summed E-state index contributed by atoms with van der Waals surface area (Å²) in [5.74, 6) is 1.12. The van der Waals surface area contributed by atoms with Gasteiger partial charge < -0.3 is 34.1 Å². The lowest BCUT2D eigenvalue weighted by atomic mass is 9.80. The third kappa shape index (κ3) is 7.55. The molecule has 7 rings (SSSR count). The van der Waals surface area contributed by atoms with Gasteiger partial charge in [0.2, 0.25) is 0 Å². The molecule has 14 nitrogen and oxygen atoms in total. The second-order valence-electron chi connectivity index (χ2n) is 12.2. The standard InChI is InChI=1S/C38H36N5O9P/c1-48-29-17-13-27(14-18-29)38(26-11-7-4-8-12-26,28-15-19-30(49-2)20-16-28)50-22-32-31(52-53(45,46)47)21-33(51-32)43-24-41-34-35(39-23-40-36(34)43)42-37(44)25-9-5-3-6-10-25/h3-20,23-24,31-33H,21-22H2,1-2H3,(H2,45,46,47)(H,39,40,42,44)/t31-,32+,33+/m0/s1. The van der Waals surface area contributed by atoms with Crippen molar-refractivity contribution < 1.29 is 42.6 Å². The number of anilines is 1. The van der Waals surface area contributed by atoms with E-state index in [1.165, 1.54) is 12.7 Å². The molecule has 0 saturated carbocycles. The predicted molar refractivity (Wildman–Crippen MR) is 193 cm³/mol. The van der Waals surface area contributed by atoms with E-state index in [0.29, 0.717) is 28.2 Å².